The second kappa shape index (κ2) is 10.8. The maximum absolute atomic E-state index is 12.6. The number of fused-ring (bicyclic) bond motifs is 1. The van der Waals surface area contributed by atoms with Crippen LogP contribution in [0, 0.1) is 0 Å². The lowest BCUT2D eigenvalue weighted by Gasteiger charge is -2.21. The van der Waals surface area contributed by atoms with Gasteiger partial charge in [0.1, 0.15) is 13.2 Å². The van der Waals surface area contributed by atoms with Gasteiger partial charge in [-0.2, -0.15) is 0 Å². The van der Waals surface area contributed by atoms with Gasteiger partial charge in [0.05, 0.1) is 13.1 Å². The molecule has 2 aromatic carbocycles. The first kappa shape index (κ1) is 22.6. The number of nitrogens with zero attached hydrogens (tertiary/aromatic N) is 1. The van der Waals surface area contributed by atoms with Gasteiger partial charge >= 0.3 is 0 Å². The Bertz CT molecular complexity index is 915. The van der Waals surface area contributed by atoms with E-state index in [2.05, 4.69) is 24.5 Å². The molecule has 1 heterocycles. The molecule has 0 radical (unpaired) electrons. The molecule has 0 saturated carbocycles. The summed E-state index contributed by atoms with van der Waals surface area (Å²) in [6, 6.07) is 13.2. The molecule has 0 unspecified atom stereocenters. The van der Waals surface area contributed by atoms with Gasteiger partial charge in [-0.3, -0.25) is 14.5 Å². The third-order valence-corrected chi connectivity index (χ3v) is 5.39. The molecule has 0 aliphatic carbocycles. The maximum Gasteiger partial charge on any atom is 0.238 e. The molecule has 7 nitrogen and oxygen atoms in total. The summed E-state index contributed by atoms with van der Waals surface area (Å²) in [5.74, 6) is 1.33. The summed E-state index contributed by atoms with van der Waals surface area (Å²) in [5, 5.41) is 5.87. The lowest BCUT2D eigenvalue weighted by Crippen LogP contribution is -2.38. The highest BCUT2D eigenvalue weighted by Gasteiger charge is 2.17. The van der Waals surface area contributed by atoms with E-state index in [1.165, 1.54) is 0 Å². The minimum Gasteiger partial charge on any atom is -0.486 e. The average Bonchev–Trinajstić information content (AvgIpc) is 2.78. The second-order valence-corrected chi connectivity index (χ2v) is 7.65. The van der Waals surface area contributed by atoms with E-state index in [0.717, 1.165) is 17.7 Å². The molecule has 1 atom stereocenters. The topological polar surface area (TPSA) is 79.9 Å². The van der Waals surface area contributed by atoms with Crippen molar-refractivity contribution >= 4 is 23.2 Å². The molecule has 0 spiro atoms. The quantitative estimate of drug-likeness (QED) is 0.638. The van der Waals surface area contributed by atoms with Crippen LogP contribution in [0.2, 0.25) is 0 Å². The monoisotopic (exact) mass is 425 g/mol. The lowest BCUT2D eigenvalue weighted by atomic mass is 9.97. The number of hydrogen-bond acceptors (Lipinski definition) is 5. The molecule has 2 N–H and O–H groups in total. The molecule has 31 heavy (non-hydrogen) atoms. The largest absolute Gasteiger partial charge is 0.486 e. The molecule has 0 bridgehead atoms. The Morgan fingerprint density at radius 3 is 2.35 bits per heavy atom. The van der Waals surface area contributed by atoms with E-state index in [1.54, 1.807) is 23.1 Å². The first-order valence-corrected chi connectivity index (χ1v) is 10.8. The van der Waals surface area contributed by atoms with Crippen molar-refractivity contribution < 1.29 is 19.1 Å². The molecule has 166 valence electrons. The fourth-order valence-electron chi connectivity index (χ4n) is 3.46. The van der Waals surface area contributed by atoms with Gasteiger partial charge in [0.25, 0.3) is 0 Å². The molecule has 1 aliphatic rings. The van der Waals surface area contributed by atoms with Gasteiger partial charge in [0, 0.05) is 17.4 Å². The van der Waals surface area contributed by atoms with Gasteiger partial charge < -0.3 is 20.1 Å². The number of nitrogens with one attached hydrogen (secondary N) is 2. The summed E-state index contributed by atoms with van der Waals surface area (Å²) in [7, 11) is 0. The van der Waals surface area contributed by atoms with Crippen LogP contribution in [0.1, 0.15) is 38.7 Å². The van der Waals surface area contributed by atoms with Crippen LogP contribution in [-0.4, -0.2) is 49.6 Å². The van der Waals surface area contributed by atoms with E-state index in [0.29, 0.717) is 42.9 Å². The van der Waals surface area contributed by atoms with Gasteiger partial charge in [-0.25, -0.2) is 0 Å². The number of ether oxygens (including phenoxy) is 2. The molecule has 0 fully saturated rings. The maximum atomic E-state index is 12.6. The van der Waals surface area contributed by atoms with E-state index < -0.39 is 0 Å². The van der Waals surface area contributed by atoms with E-state index >= 15 is 0 Å². The number of hydrogen-bond donors (Lipinski definition) is 2. The van der Waals surface area contributed by atoms with Gasteiger partial charge in [0.15, 0.2) is 11.5 Å². The number of carbonyl (C=O) groups excluding carboxylic acids is 2. The standard InChI is InChI=1S/C24H31N3O4/c1-4-17(3)19-8-6-7-9-20(19)26-24(29)16-27(5-2)15-23(28)25-18-10-11-21-22(14-18)31-13-12-30-21/h6-11,14,17H,4-5,12-13,15-16H2,1-3H3,(H,25,28)(H,26,29)/t17-/m0/s1. The molecule has 3 rings (SSSR count). The number of carbonyl (C=O) groups is 2. The van der Waals surface area contributed by atoms with Gasteiger partial charge in [0.2, 0.25) is 11.8 Å². The molecular formula is C24H31N3O4. The first-order valence-electron chi connectivity index (χ1n) is 10.8. The SMILES string of the molecule is CC[C@H](C)c1ccccc1NC(=O)CN(CC)CC(=O)Nc1ccc2c(c1)OCCO2. The van der Waals surface area contributed by atoms with Crippen molar-refractivity contribution in [3.05, 3.63) is 48.0 Å². The Morgan fingerprint density at radius 1 is 0.968 bits per heavy atom. The fraction of sp³-hybridized carbons (Fsp3) is 0.417. The highest BCUT2D eigenvalue weighted by Crippen LogP contribution is 2.32. The van der Waals surface area contributed by atoms with Crippen LogP contribution < -0.4 is 20.1 Å². The van der Waals surface area contributed by atoms with Crippen molar-refractivity contribution in [1.29, 1.82) is 0 Å². The Hall–Kier alpha value is -3.06. The average molecular weight is 426 g/mol. The Morgan fingerprint density at radius 2 is 1.65 bits per heavy atom. The van der Waals surface area contributed by atoms with Crippen LogP contribution in [-0.2, 0) is 9.59 Å². The summed E-state index contributed by atoms with van der Waals surface area (Å²) in [5.41, 5.74) is 2.59. The minimum absolute atomic E-state index is 0.116. The van der Waals surface area contributed by atoms with E-state index in [1.807, 2.05) is 31.2 Å². The fourth-order valence-corrected chi connectivity index (χ4v) is 3.46. The van der Waals surface area contributed by atoms with Crippen LogP contribution in [0.15, 0.2) is 42.5 Å². The number of rotatable bonds is 9. The molecule has 2 aromatic rings. The number of amides is 2. The third-order valence-electron chi connectivity index (χ3n) is 5.39. The van der Waals surface area contributed by atoms with Gasteiger partial charge in [-0.05, 0) is 42.6 Å². The van der Waals surface area contributed by atoms with Crippen molar-refractivity contribution in [3.63, 3.8) is 0 Å². The Labute approximate surface area is 183 Å². The Kier molecular flexibility index (Phi) is 7.89. The molecule has 0 saturated heterocycles. The predicted octanol–water partition coefficient (Wildman–Crippen LogP) is 3.87. The number of anilines is 2. The smallest absolute Gasteiger partial charge is 0.238 e. The summed E-state index contributed by atoms with van der Waals surface area (Å²) in [6.07, 6.45) is 0.994. The zero-order chi connectivity index (χ0) is 22.2. The third kappa shape index (κ3) is 6.21. The molecule has 0 aromatic heterocycles. The highest BCUT2D eigenvalue weighted by molar-refractivity contribution is 5.95. The number of likely N-dealkylation sites (N-methyl/N-ethyl adjacent to an activating group) is 1. The lowest BCUT2D eigenvalue weighted by molar-refractivity contribution is -0.119. The number of para-hydroxylation sites is 1. The van der Waals surface area contributed by atoms with E-state index in [9.17, 15) is 9.59 Å². The zero-order valence-corrected chi connectivity index (χ0v) is 18.4. The van der Waals surface area contributed by atoms with Crippen molar-refractivity contribution in [3.8, 4) is 11.5 Å². The number of benzene rings is 2. The van der Waals surface area contributed by atoms with Crippen LogP contribution >= 0.6 is 0 Å². The second-order valence-electron chi connectivity index (χ2n) is 7.65. The summed E-state index contributed by atoms with van der Waals surface area (Å²) < 4.78 is 11.0. The van der Waals surface area contributed by atoms with Crippen molar-refractivity contribution in [1.82, 2.24) is 4.90 Å². The van der Waals surface area contributed by atoms with Crippen LogP contribution in [0.5, 0.6) is 11.5 Å². The molecular weight excluding hydrogens is 394 g/mol. The summed E-state index contributed by atoms with van der Waals surface area (Å²) >= 11 is 0. The summed E-state index contributed by atoms with van der Waals surface area (Å²) in [4.78, 5) is 26.9. The highest BCUT2D eigenvalue weighted by atomic mass is 16.6. The van der Waals surface area contributed by atoms with Crippen molar-refractivity contribution in [2.75, 3.05) is 43.5 Å². The van der Waals surface area contributed by atoms with Crippen molar-refractivity contribution in [2.45, 2.75) is 33.1 Å². The van der Waals surface area contributed by atoms with Crippen molar-refractivity contribution in [2.24, 2.45) is 0 Å². The predicted molar refractivity (Wildman–Crippen MR) is 122 cm³/mol. The van der Waals surface area contributed by atoms with Gasteiger partial charge in [-0.15, -0.1) is 0 Å². The minimum atomic E-state index is -0.189. The van der Waals surface area contributed by atoms with Gasteiger partial charge in [-0.1, -0.05) is 39.0 Å². The molecule has 2 amide bonds. The molecule has 7 heteroatoms. The normalized spacial score (nSPS) is 13.5. The summed E-state index contributed by atoms with van der Waals surface area (Å²) in [6.45, 7) is 8.04. The first-order chi connectivity index (χ1) is 15.0. The van der Waals surface area contributed by atoms with Crippen LogP contribution in [0.3, 0.4) is 0 Å². The van der Waals surface area contributed by atoms with Crippen LogP contribution in [0.4, 0.5) is 11.4 Å². The Balaban J connectivity index is 1.55. The van der Waals surface area contributed by atoms with Crippen LogP contribution in [0.25, 0.3) is 0 Å². The zero-order valence-electron chi connectivity index (χ0n) is 18.4. The van der Waals surface area contributed by atoms with E-state index in [4.69, 9.17) is 9.47 Å². The van der Waals surface area contributed by atoms with E-state index in [-0.39, 0.29) is 24.9 Å². The molecule has 1 aliphatic heterocycles.